The Bertz CT molecular complexity index is 784. The number of urea groups is 1. The Morgan fingerprint density at radius 3 is 2.96 bits per heavy atom. The van der Waals surface area contributed by atoms with Gasteiger partial charge in [-0.3, -0.25) is 9.58 Å². The van der Waals surface area contributed by atoms with Crippen LogP contribution in [0.25, 0.3) is 0 Å². The van der Waals surface area contributed by atoms with Gasteiger partial charge in [-0.15, -0.1) is 0 Å². The van der Waals surface area contributed by atoms with Crippen molar-refractivity contribution >= 4 is 6.03 Å². The number of hydrogen-bond donors (Lipinski definition) is 1. The molecule has 2 aliphatic rings. The summed E-state index contributed by atoms with van der Waals surface area (Å²) in [6.07, 6.45) is 4.06. The Balaban J connectivity index is 1.41. The van der Waals surface area contributed by atoms with E-state index in [1.165, 1.54) is 11.3 Å². The number of carbonyl (C=O) groups is 1. The quantitative estimate of drug-likeness (QED) is 0.878. The van der Waals surface area contributed by atoms with E-state index < -0.39 is 0 Å². The van der Waals surface area contributed by atoms with Crippen molar-refractivity contribution in [2.24, 2.45) is 0 Å². The number of carbonyl (C=O) groups excluding carboxylic acids is 1. The normalized spacial score (nSPS) is 19.7. The molecule has 27 heavy (non-hydrogen) atoms. The third-order valence-corrected chi connectivity index (χ3v) is 5.38. The maximum Gasteiger partial charge on any atom is 0.317 e. The summed E-state index contributed by atoms with van der Waals surface area (Å²) in [7, 11) is 1.69. The zero-order chi connectivity index (χ0) is 18.6. The third-order valence-electron chi connectivity index (χ3n) is 5.38. The van der Waals surface area contributed by atoms with Crippen molar-refractivity contribution in [3.8, 4) is 5.75 Å². The minimum absolute atomic E-state index is 0.0473. The second-order valence-corrected chi connectivity index (χ2v) is 7.32. The van der Waals surface area contributed by atoms with E-state index in [0.717, 1.165) is 51.3 Å². The highest BCUT2D eigenvalue weighted by Gasteiger charge is 2.27. The lowest BCUT2D eigenvalue weighted by Gasteiger charge is -2.34. The van der Waals surface area contributed by atoms with Gasteiger partial charge >= 0.3 is 6.03 Å². The van der Waals surface area contributed by atoms with Crippen LogP contribution in [-0.4, -0.2) is 58.9 Å². The molecule has 1 aromatic heterocycles. The Labute approximate surface area is 159 Å². The van der Waals surface area contributed by atoms with Crippen molar-refractivity contribution in [2.45, 2.75) is 32.0 Å². The number of amides is 2. The van der Waals surface area contributed by atoms with E-state index in [2.05, 4.69) is 38.2 Å². The topological polar surface area (TPSA) is 62.6 Å². The van der Waals surface area contributed by atoms with E-state index in [0.29, 0.717) is 6.54 Å². The number of rotatable bonds is 5. The van der Waals surface area contributed by atoms with Crippen LogP contribution in [0.5, 0.6) is 5.75 Å². The molecule has 2 aromatic rings. The fourth-order valence-corrected chi connectivity index (χ4v) is 4.00. The Hall–Kier alpha value is -2.54. The second-order valence-electron chi connectivity index (χ2n) is 7.32. The molecule has 0 unspecified atom stereocenters. The summed E-state index contributed by atoms with van der Waals surface area (Å²) in [5, 5.41) is 7.59. The van der Waals surface area contributed by atoms with Crippen molar-refractivity contribution in [1.82, 2.24) is 24.9 Å². The number of hydrogen-bond acceptors (Lipinski definition) is 4. The minimum atomic E-state index is 0.0473. The number of nitrogens with one attached hydrogen (secondary N) is 1. The van der Waals surface area contributed by atoms with E-state index in [-0.39, 0.29) is 12.1 Å². The lowest BCUT2D eigenvalue weighted by molar-refractivity contribution is 0.161. The van der Waals surface area contributed by atoms with E-state index in [1.54, 1.807) is 7.11 Å². The van der Waals surface area contributed by atoms with Crippen molar-refractivity contribution in [1.29, 1.82) is 0 Å². The van der Waals surface area contributed by atoms with Gasteiger partial charge in [-0.05, 0) is 36.6 Å². The summed E-state index contributed by atoms with van der Waals surface area (Å²) >= 11 is 0. The fourth-order valence-electron chi connectivity index (χ4n) is 4.00. The summed E-state index contributed by atoms with van der Waals surface area (Å²) < 4.78 is 7.40. The number of likely N-dealkylation sites (tertiary alicyclic amines) is 1. The van der Waals surface area contributed by atoms with Crippen LogP contribution in [0, 0.1) is 0 Å². The molecule has 0 saturated carbocycles. The van der Waals surface area contributed by atoms with Gasteiger partial charge in [0.1, 0.15) is 5.75 Å². The highest BCUT2D eigenvalue weighted by atomic mass is 16.5. The van der Waals surface area contributed by atoms with Gasteiger partial charge in [-0.25, -0.2) is 4.79 Å². The largest absolute Gasteiger partial charge is 0.497 e. The van der Waals surface area contributed by atoms with Crippen molar-refractivity contribution < 1.29 is 9.53 Å². The molecule has 7 heteroatoms. The number of fused-ring (bicyclic) bond motifs is 1. The molecule has 2 amide bonds. The van der Waals surface area contributed by atoms with Gasteiger partial charge in [0.05, 0.1) is 18.8 Å². The van der Waals surface area contributed by atoms with Crippen molar-refractivity contribution in [3.05, 3.63) is 47.8 Å². The van der Waals surface area contributed by atoms with Crippen LogP contribution in [0.15, 0.2) is 36.5 Å². The first-order valence-electron chi connectivity index (χ1n) is 9.63. The van der Waals surface area contributed by atoms with Gasteiger partial charge in [-0.2, -0.15) is 5.10 Å². The highest BCUT2D eigenvalue weighted by Crippen LogP contribution is 2.23. The molecule has 1 aromatic carbocycles. The number of aromatic nitrogens is 2. The molecule has 1 atom stereocenters. The molecule has 0 bridgehead atoms. The zero-order valence-corrected chi connectivity index (χ0v) is 15.8. The number of methoxy groups -OCH3 is 1. The summed E-state index contributed by atoms with van der Waals surface area (Å²) in [6.45, 7) is 4.88. The molecule has 1 saturated heterocycles. The van der Waals surface area contributed by atoms with Crippen LogP contribution >= 0.6 is 0 Å². The SMILES string of the molecule is COc1cccc(CN2Cc3ccnn3[C@H](CNC(=O)N3CCCC3)C2)c1. The molecule has 0 aliphatic carbocycles. The molecule has 0 spiro atoms. The number of nitrogens with zero attached hydrogens (tertiary/aromatic N) is 4. The first kappa shape index (κ1) is 17.9. The molecule has 3 heterocycles. The van der Waals surface area contributed by atoms with Crippen LogP contribution in [0.1, 0.15) is 30.1 Å². The molecule has 0 radical (unpaired) electrons. The molecule has 7 nitrogen and oxygen atoms in total. The molecule has 4 rings (SSSR count). The van der Waals surface area contributed by atoms with E-state index in [1.807, 2.05) is 23.2 Å². The lowest BCUT2D eigenvalue weighted by Crippen LogP contribution is -2.45. The standard InChI is InChI=1S/C20H27N5O2/c1-27-19-6-4-5-16(11-19)13-23-14-17-7-8-22-25(17)18(15-23)12-21-20(26)24-9-2-3-10-24/h4-8,11,18H,2-3,9-10,12-15H2,1H3,(H,21,26)/t18-/m1/s1. The van der Waals surface area contributed by atoms with Gasteiger partial charge in [0.2, 0.25) is 0 Å². The Morgan fingerprint density at radius 1 is 1.30 bits per heavy atom. The first-order chi connectivity index (χ1) is 13.2. The zero-order valence-electron chi connectivity index (χ0n) is 15.8. The second kappa shape index (κ2) is 8.00. The maximum absolute atomic E-state index is 12.3. The first-order valence-corrected chi connectivity index (χ1v) is 9.63. The molecule has 2 aliphatic heterocycles. The average Bonchev–Trinajstić information content (AvgIpc) is 3.37. The van der Waals surface area contributed by atoms with Gasteiger partial charge in [0.15, 0.2) is 0 Å². The lowest BCUT2D eigenvalue weighted by atomic mass is 10.1. The van der Waals surface area contributed by atoms with Crippen LogP contribution in [0.3, 0.4) is 0 Å². The van der Waals surface area contributed by atoms with E-state index in [4.69, 9.17) is 4.74 Å². The Morgan fingerprint density at radius 2 is 2.15 bits per heavy atom. The monoisotopic (exact) mass is 369 g/mol. The molecular formula is C20H27N5O2. The summed E-state index contributed by atoms with van der Waals surface area (Å²) in [6, 6.07) is 10.4. The van der Waals surface area contributed by atoms with Crippen LogP contribution in [-0.2, 0) is 13.1 Å². The fraction of sp³-hybridized carbons (Fsp3) is 0.500. The molecular weight excluding hydrogens is 342 g/mol. The highest BCUT2D eigenvalue weighted by molar-refractivity contribution is 5.74. The number of ether oxygens (including phenoxy) is 1. The van der Waals surface area contributed by atoms with Crippen molar-refractivity contribution in [3.63, 3.8) is 0 Å². The number of benzene rings is 1. The van der Waals surface area contributed by atoms with Crippen LogP contribution in [0.4, 0.5) is 4.79 Å². The summed E-state index contributed by atoms with van der Waals surface area (Å²) in [5.74, 6) is 0.879. The van der Waals surface area contributed by atoms with E-state index >= 15 is 0 Å². The van der Waals surface area contributed by atoms with Crippen LogP contribution < -0.4 is 10.1 Å². The van der Waals surface area contributed by atoms with E-state index in [9.17, 15) is 4.79 Å². The van der Waals surface area contributed by atoms with Gasteiger partial charge in [-0.1, -0.05) is 12.1 Å². The minimum Gasteiger partial charge on any atom is -0.497 e. The summed E-state index contributed by atoms with van der Waals surface area (Å²) in [4.78, 5) is 16.6. The van der Waals surface area contributed by atoms with Crippen LogP contribution in [0.2, 0.25) is 0 Å². The predicted molar refractivity (Wildman–Crippen MR) is 103 cm³/mol. The van der Waals surface area contributed by atoms with Gasteiger partial charge in [0, 0.05) is 45.5 Å². The molecule has 1 fully saturated rings. The Kier molecular flexibility index (Phi) is 5.29. The van der Waals surface area contributed by atoms with Gasteiger partial charge in [0.25, 0.3) is 0 Å². The third kappa shape index (κ3) is 4.08. The summed E-state index contributed by atoms with van der Waals surface area (Å²) in [5.41, 5.74) is 2.41. The smallest absolute Gasteiger partial charge is 0.317 e. The maximum atomic E-state index is 12.3. The van der Waals surface area contributed by atoms with Gasteiger partial charge < -0.3 is 15.0 Å². The predicted octanol–water partition coefficient (Wildman–Crippen LogP) is 2.25. The van der Waals surface area contributed by atoms with Crippen molar-refractivity contribution in [2.75, 3.05) is 33.3 Å². The molecule has 1 N–H and O–H groups in total. The average molecular weight is 369 g/mol. The molecule has 144 valence electrons.